The number of nitrogens with one attached hydrogen (secondary N) is 2. The van der Waals surface area contributed by atoms with Crippen LogP contribution in [0.15, 0.2) is 65.6 Å². The van der Waals surface area contributed by atoms with Gasteiger partial charge in [0.25, 0.3) is 15.9 Å². The third-order valence-electron chi connectivity index (χ3n) is 6.99. The minimum absolute atomic E-state index is 0. The molecule has 3 aromatic carbocycles. The summed E-state index contributed by atoms with van der Waals surface area (Å²) >= 11 is 1.60. The molecule has 1 amide bonds. The second-order valence-electron chi connectivity index (χ2n) is 9.72. The first-order valence-electron chi connectivity index (χ1n) is 13.2. The van der Waals surface area contributed by atoms with E-state index in [1.807, 2.05) is 19.1 Å². The number of aromatic nitrogens is 1. The average molecular weight is 632 g/mol. The van der Waals surface area contributed by atoms with Crippen molar-refractivity contribution in [3.8, 4) is 11.5 Å². The van der Waals surface area contributed by atoms with Gasteiger partial charge in [-0.3, -0.25) is 14.4 Å². The molecule has 0 spiro atoms. The van der Waals surface area contributed by atoms with Crippen LogP contribution in [0.3, 0.4) is 0 Å². The third kappa shape index (κ3) is 7.06. The smallest absolute Gasteiger partial charge is 0.261 e. The lowest BCUT2D eigenvalue weighted by molar-refractivity contribution is 0.0948. The van der Waals surface area contributed by atoms with Crippen LogP contribution in [0.4, 0.5) is 10.8 Å². The number of benzene rings is 3. The zero-order chi connectivity index (χ0) is 29.0. The van der Waals surface area contributed by atoms with Crippen LogP contribution in [0.1, 0.15) is 15.9 Å². The second kappa shape index (κ2) is 13.6. The molecule has 1 aliphatic rings. The number of halogens is 1. The number of fused-ring (bicyclic) bond motifs is 1. The van der Waals surface area contributed by atoms with Gasteiger partial charge in [0.2, 0.25) is 0 Å². The van der Waals surface area contributed by atoms with Crippen LogP contribution in [-0.4, -0.2) is 77.7 Å². The van der Waals surface area contributed by atoms with Crippen molar-refractivity contribution < 1.29 is 22.7 Å². The molecule has 0 bridgehead atoms. The van der Waals surface area contributed by atoms with Gasteiger partial charge < -0.3 is 19.7 Å². The predicted molar refractivity (Wildman–Crippen MR) is 169 cm³/mol. The Bertz CT molecular complexity index is 1580. The van der Waals surface area contributed by atoms with Gasteiger partial charge in [0.05, 0.1) is 19.1 Å². The highest BCUT2D eigenvalue weighted by molar-refractivity contribution is 7.92. The van der Waals surface area contributed by atoms with E-state index in [4.69, 9.17) is 14.5 Å². The number of carbonyl (C=O) groups is 1. The summed E-state index contributed by atoms with van der Waals surface area (Å²) in [5.74, 6) is 1.32. The van der Waals surface area contributed by atoms with Gasteiger partial charge in [0.15, 0.2) is 5.13 Å². The van der Waals surface area contributed by atoms with Gasteiger partial charge in [-0.15, -0.1) is 12.4 Å². The molecule has 0 unspecified atom stereocenters. The molecule has 0 atom stereocenters. The fourth-order valence-electron chi connectivity index (χ4n) is 4.62. The topological polar surface area (TPSA) is 113 Å². The monoisotopic (exact) mass is 631 g/mol. The lowest BCUT2D eigenvalue weighted by Crippen LogP contribution is -2.48. The Morgan fingerprint density at radius 1 is 0.929 bits per heavy atom. The zero-order valence-electron chi connectivity index (χ0n) is 23.6. The number of rotatable bonds is 10. The highest BCUT2D eigenvalue weighted by atomic mass is 35.5. The van der Waals surface area contributed by atoms with Crippen molar-refractivity contribution in [2.45, 2.75) is 11.8 Å². The summed E-state index contributed by atoms with van der Waals surface area (Å²) in [4.78, 5) is 22.3. The number of aryl methyl sites for hydroxylation is 1. The van der Waals surface area contributed by atoms with Crippen LogP contribution < -0.4 is 24.4 Å². The van der Waals surface area contributed by atoms with E-state index in [9.17, 15) is 13.2 Å². The Kier molecular flexibility index (Phi) is 10.2. The third-order valence-corrected chi connectivity index (χ3v) is 9.51. The maximum atomic E-state index is 12.7. The first kappa shape index (κ1) is 31.4. The fourth-order valence-corrected chi connectivity index (χ4v) is 6.81. The van der Waals surface area contributed by atoms with Crippen molar-refractivity contribution in [1.29, 1.82) is 0 Å². The molecule has 42 heavy (non-hydrogen) atoms. The van der Waals surface area contributed by atoms with Gasteiger partial charge >= 0.3 is 0 Å². The normalized spacial score (nSPS) is 13.8. The van der Waals surface area contributed by atoms with Crippen LogP contribution in [0, 0.1) is 6.92 Å². The average Bonchev–Trinajstić information content (AvgIpc) is 3.43. The van der Waals surface area contributed by atoms with Crippen LogP contribution in [0.2, 0.25) is 0 Å². The molecule has 0 saturated carbocycles. The number of sulfonamides is 1. The number of amides is 1. The summed E-state index contributed by atoms with van der Waals surface area (Å²) in [6.07, 6.45) is 0. The largest absolute Gasteiger partial charge is 0.495 e. The SMILES string of the molecule is COc1ccc(OC)c2sc(N3CCN(CCNC(=O)c4ccc(NS(=O)(=O)c5ccc(C)cc5)cc4)CC3)nc12.Cl. The number of anilines is 2. The number of methoxy groups -OCH3 is 2. The van der Waals surface area contributed by atoms with E-state index in [0.29, 0.717) is 17.8 Å². The van der Waals surface area contributed by atoms with Crippen molar-refractivity contribution in [2.75, 3.05) is 63.1 Å². The van der Waals surface area contributed by atoms with E-state index in [1.165, 1.54) is 0 Å². The molecule has 224 valence electrons. The van der Waals surface area contributed by atoms with Crippen molar-refractivity contribution in [2.24, 2.45) is 0 Å². The van der Waals surface area contributed by atoms with Crippen LogP contribution >= 0.6 is 23.7 Å². The number of hydrogen-bond acceptors (Lipinski definition) is 9. The van der Waals surface area contributed by atoms with Gasteiger partial charge in [-0.2, -0.15) is 0 Å². The van der Waals surface area contributed by atoms with E-state index in [1.54, 1.807) is 74.1 Å². The Morgan fingerprint density at radius 2 is 1.57 bits per heavy atom. The molecular weight excluding hydrogens is 598 g/mol. The van der Waals surface area contributed by atoms with E-state index in [-0.39, 0.29) is 23.2 Å². The Morgan fingerprint density at radius 3 is 2.21 bits per heavy atom. The maximum absolute atomic E-state index is 12.7. The lowest BCUT2D eigenvalue weighted by atomic mass is 10.2. The summed E-state index contributed by atoms with van der Waals surface area (Å²) in [5, 5.41) is 3.90. The molecule has 10 nitrogen and oxygen atoms in total. The standard InChI is InChI=1S/C29H33N5O5S2.ClH/c1-20-4-10-23(11-5-20)41(36,37)32-22-8-6-21(7-9-22)28(35)30-14-15-33-16-18-34(19-17-33)29-31-26-24(38-2)12-13-25(39-3)27(26)40-29;/h4-13,32H,14-19H2,1-3H3,(H,30,35);1H. The van der Waals surface area contributed by atoms with Crippen molar-refractivity contribution >= 4 is 60.7 Å². The molecule has 0 aliphatic carbocycles. The molecule has 4 aromatic rings. The predicted octanol–water partition coefficient (Wildman–Crippen LogP) is 4.40. The van der Waals surface area contributed by atoms with Gasteiger partial charge in [-0.05, 0) is 55.5 Å². The van der Waals surface area contributed by atoms with Crippen molar-refractivity contribution in [3.63, 3.8) is 0 Å². The maximum Gasteiger partial charge on any atom is 0.261 e. The Hall–Kier alpha value is -3.58. The summed E-state index contributed by atoms with van der Waals surface area (Å²) in [5.41, 5.74) is 2.65. The molecular formula is C29H34ClN5O5S2. The van der Waals surface area contributed by atoms with Gasteiger partial charge in [0, 0.05) is 50.5 Å². The summed E-state index contributed by atoms with van der Waals surface area (Å²) in [6, 6.07) is 16.8. The first-order chi connectivity index (χ1) is 19.8. The second-order valence-corrected chi connectivity index (χ2v) is 12.4. The molecule has 0 radical (unpaired) electrons. The Labute approximate surface area is 256 Å². The van der Waals surface area contributed by atoms with Crippen LogP contribution in [0.5, 0.6) is 11.5 Å². The number of carbonyl (C=O) groups excluding carboxylic acids is 1. The first-order valence-corrected chi connectivity index (χ1v) is 15.5. The van der Waals surface area contributed by atoms with Gasteiger partial charge in [-0.1, -0.05) is 29.0 Å². The molecule has 1 aliphatic heterocycles. The van der Waals surface area contributed by atoms with E-state index >= 15 is 0 Å². The summed E-state index contributed by atoms with van der Waals surface area (Å²) < 4.78 is 39.7. The van der Waals surface area contributed by atoms with E-state index in [0.717, 1.165) is 65.1 Å². The highest BCUT2D eigenvalue weighted by Gasteiger charge is 2.22. The van der Waals surface area contributed by atoms with Crippen molar-refractivity contribution in [3.05, 3.63) is 71.8 Å². The molecule has 2 heterocycles. The van der Waals surface area contributed by atoms with E-state index < -0.39 is 10.0 Å². The van der Waals surface area contributed by atoms with Crippen molar-refractivity contribution in [1.82, 2.24) is 15.2 Å². The summed E-state index contributed by atoms with van der Waals surface area (Å²) in [7, 11) is -0.398. The molecule has 1 aromatic heterocycles. The fraction of sp³-hybridized carbons (Fsp3) is 0.310. The van der Waals surface area contributed by atoms with Gasteiger partial charge in [0.1, 0.15) is 21.7 Å². The van der Waals surface area contributed by atoms with Crippen LogP contribution in [-0.2, 0) is 10.0 Å². The minimum atomic E-state index is -3.70. The summed E-state index contributed by atoms with van der Waals surface area (Å²) in [6.45, 7) is 6.52. The number of hydrogen-bond donors (Lipinski definition) is 2. The molecule has 1 saturated heterocycles. The molecule has 5 rings (SSSR count). The quantitative estimate of drug-likeness (QED) is 0.265. The molecule has 1 fully saturated rings. The van der Waals surface area contributed by atoms with Gasteiger partial charge in [-0.25, -0.2) is 13.4 Å². The number of piperazine rings is 1. The number of ether oxygens (including phenoxy) is 2. The molecule has 2 N–H and O–H groups in total. The van der Waals surface area contributed by atoms with Crippen LogP contribution in [0.25, 0.3) is 10.2 Å². The molecule has 13 heteroatoms. The number of thiazole rings is 1. The highest BCUT2D eigenvalue weighted by Crippen LogP contribution is 2.40. The zero-order valence-corrected chi connectivity index (χ0v) is 26.1. The minimum Gasteiger partial charge on any atom is -0.495 e. The number of nitrogens with zero attached hydrogens (tertiary/aromatic N) is 3. The van der Waals surface area contributed by atoms with E-state index in [2.05, 4.69) is 19.8 Å². The lowest BCUT2D eigenvalue weighted by Gasteiger charge is -2.34. The Balaban J connectivity index is 0.00000405.